The molecular formula is C29H29F3N8O. The molecule has 0 aliphatic carbocycles. The average molecular weight is 563 g/mol. The van der Waals surface area contributed by atoms with Gasteiger partial charge in [0.2, 0.25) is 0 Å². The van der Waals surface area contributed by atoms with Gasteiger partial charge in [0.15, 0.2) is 0 Å². The number of rotatable bonds is 8. The van der Waals surface area contributed by atoms with E-state index in [2.05, 4.69) is 25.6 Å². The Kier molecular flexibility index (Phi) is 7.50. The van der Waals surface area contributed by atoms with Gasteiger partial charge in [-0.25, -0.2) is 9.67 Å². The van der Waals surface area contributed by atoms with Crippen LogP contribution in [0.4, 0.5) is 24.5 Å². The van der Waals surface area contributed by atoms with Crippen molar-refractivity contribution in [3.8, 4) is 16.9 Å². The second kappa shape index (κ2) is 11.0. The minimum Gasteiger partial charge on any atom is -0.373 e. The molecule has 0 saturated carbocycles. The van der Waals surface area contributed by atoms with Gasteiger partial charge >= 0.3 is 6.18 Å². The number of fused-ring (bicyclic) bond motifs is 1. The lowest BCUT2D eigenvalue weighted by Gasteiger charge is -2.23. The van der Waals surface area contributed by atoms with Crippen LogP contribution in [0.25, 0.3) is 28.0 Å². The minimum atomic E-state index is -4.57. The number of benzene rings is 2. The first kappa shape index (κ1) is 27.8. The van der Waals surface area contributed by atoms with E-state index in [1.54, 1.807) is 47.2 Å². The first-order valence-electron chi connectivity index (χ1n) is 12.8. The van der Waals surface area contributed by atoms with Gasteiger partial charge in [-0.15, -0.1) is 5.10 Å². The van der Waals surface area contributed by atoms with Crippen LogP contribution in [0.3, 0.4) is 0 Å². The van der Waals surface area contributed by atoms with Crippen LogP contribution in [-0.2, 0) is 6.18 Å². The van der Waals surface area contributed by atoms with E-state index in [-0.39, 0.29) is 11.3 Å². The fourth-order valence-corrected chi connectivity index (χ4v) is 4.34. The summed E-state index contributed by atoms with van der Waals surface area (Å²) in [5.41, 5.74) is 3.42. The van der Waals surface area contributed by atoms with Gasteiger partial charge in [-0.05, 0) is 69.0 Å². The first-order chi connectivity index (χ1) is 19.5. The van der Waals surface area contributed by atoms with Crippen molar-refractivity contribution in [1.29, 1.82) is 0 Å². The summed E-state index contributed by atoms with van der Waals surface area (Å²) in [6.07, 6.45) is 0.677. The van der Waals surface area contributed by atoms with Gasteiger partial charge in [0.05, 0.1) is 17.4 Å². The predicted molar refractivity (Wildman–Crippen MR) is 152 cm³/mol. The van der Waals surface area contributed by atoms with Crippen LogP contribution < -0.4 is 10.2 Å². The third-order valence-electron chi connectivity index (χ3n) is 6.73. The van der Waals surface area contributed by atoms with Gasteiger partial charge in [-0.2, -0.15) is 13.2 Å². The summed E-state index contributed by atoms with van der Waals surface area (Å²) in [5.74, 6) is -0.546. The Labute approximate surface area is 234 Å². The molecular weight excluding hydrogens is 533 g/mol. The fraction of sp³-hybridized carbons (Fsp3) is 0.241. The largest absolute Gasteiger partial charge is 0.416 e. The molecule has 5 rings (SSSR count). The molecule has 12 heteroatoms. The second-order valence-electron chi connectivity index (χ2n) is 10.1. The van der Waals surface area contributed by atoms with Gasteiger partial charge in [-0.1, -0.05) is 11.3 Å². The van der Waals surface area contributed by atoms with Crippen LogP contribution >= 0.6 is 0 Å². The molecule has 41 heavy (non-hydrogen) atoms. The van der Waals surface area contributed by atoms with Crippen LogP contribution in [0.1, 0.15) is 21.5 Å². The highest BCUT2D eigenvalue weighted by Crippen LogP contribution is 2.34. The van der Waals surface area contributed by atoms with E-state index in [1.807, 2.05) is 44.2 Å². The number of halogens is 3. The lowest BCUT2D eigenvalue weighted by Crippen LogP contribution is -2.28. The lowest BCUT2D eigenvalue weighted by atomic mass is 10.1. The monoisotopic (exact) mass is 562 g/mol. The summed E-state index contributed by atoms with van der Waals surface area (Å²) in [4.78, 5) is 24.3. The van der Waals surface area contributed by atoms with Crippen LogP contribution in [0.2, 0.25) is 0 Å². The Morgan fingerprint density at radius 1 is 1.05 bits per heavy atom. The molecule has 0 spiro atoms. The van der Waals surface area contributed by atoms with E-state index >= 15 is 0 Å². The molecule has 0 radical (unpaired) electrons. The molecule has 3 heterocycles. The highest BCUT2D eigenvalue weighted by atomic mass is 19.4. The maximum absolute atomic E-state index is 13.7. The number of likely N-dealkylation sites (N-methyl/N-ethyl adjacent to an activating group) is 2. The summed E-state index contributed by atoms with van der Waals surface area (Å²) >= 11 is 0. The standard InChI is InChI=1S/C29H29F3N8O/c1-18-5-6-20(12-26(18)40-17-25(36-37-40)21-11-19-7-8-33-27(19)34-16-21)28(41)35-23-13-22(29(30,31)32)14-24(15-23)39(4)10-9-38(2)3/h5-8,11-17H,9-10H2,1-4H3,(H,33,34)(H,35,41). The molecule has 3 aromatic heterocycles. The zero-order chi connectivity index (χ0) is 29.3. The molecule has 0 saturated heterocycles. The lowest BCUT2D eigenvalue weighted by molar-refractivity contribution is -0.137. The van der Waals surface area contributed by atoms with E-state index in [0.717, 1.165) is 34.3 Å². The molecule has 2 N–H and O–H groups in total. The van der Waals surface area contributed by atoms with Crippen molar-refractivity contribution in [1.82, 2.24) is 29.9 Å². The maximum atomic E-state index is 13.7. The molecule has 2 aromatic carbocycles. The molecule has 0 aliphatic heterocycles. The SMILES string of the molecule is Cc1ccc(C(=O)Nc2cc(N(C)CCN(C)C)cc(C(F)(F)F)c2)cc1-n1cc(-c2cnc3[nH]ccc3c2)nn1. The van der Waals surface area contributed by atoms with Gasteiger partial charge in [-0.3, -0.25) is 4.79 Å². The zero-order valence-corrected chi connectivity index (χ0v) is 23.0. The number of anilines is 2. The van der Waals surface area contributed by atoms with E-state index in [1.165, 1.54) is 6.07 Å². The van der Waals surface area contributed by atoms with E-state index in [4.69, 9.17) is 0 Å². The summed E-state index contributed by atoms with van der Waals surface area (Å²) in [7, 11) is 5.50. The number of nitrogens with zero attached hydrogens (tertiary/aromatic N) is 6. The Balaban J connectivity index is 1.40. The van der Waals surface area contributed by atoms with Crippen molar-refractivity contribution in [2.75, 3.05) is 44.4 Å². The van der Waals surface area contributed by atoms with Crippen LogP contribution in [0.5, 0.6) is 0 Å². The smallest absolute Gasteiger partial charge is 0.373 e. The minimum absolute atomic E-state index is 0.0503. The molecule has 1 amide bonds. The summed E-state index contributed by atoms with van der Waals surface area (Å²) in [5, 5.41) is 12.1. The average Bonchev–Trinajstić information content (AvgIpc) is 3.61. The van der Waals surface area contributed by atoms with Crippen molar-refractivity contribution in [3.05, 3.63) is 83.8 Å². The maximum Gasteiger partial charge on any atom is 0.416 e. The molecule has 0 fully saturated rings. The third kappa shape index (κ3) is 6.22. The van der Waals surface area contributed by atoms with E-state index in [9.17, 15) is 18.0 Å². The predicted octanol–water partition coefficient (Wildman–Crippen LogP) is 5.39. The van der Waals surface area contributed by atoms with Crippen molar-refractivity contribution in [3.63, 3.8) is 0 Å². The van der Waals surface area contributed by atoms with Crippen molar-refractivity contribution < 1.29 is 18.0 Å². The number of hydrogen-bond donors (Lipinski definition) is 2. The van der Waals surface area contributed by atoms with Gasteiger partial charge < -0.3 is 20.1 Å². The number of carbonyl (C=O) groups is 1. The number of alkyl halides is 3. The van der Waals surface area contributed by atoms with E-state index in [0.29, 0.717) is 30.2 Å². The number of aromatic nitrogens is 5. The molecule has 5 aromatic rings. The molecule has 212 valence electrons. The molecule has 0 atom stereocenters. The first-order valence-corrected chi connectivity index (χ1v) is 12.8. The molecule has 9 nitrogen and oxygen atoms in total. The van der Waals surface area contributed by atoms with Crippen molar-refractivity contribution in [2.45, 2.75) is 13.1 Å². The fourth-order valence-electron chi connectivity index (χ4n) is 4.34. The Bertz CT molecular complexity index is 1710. The van der Waals surface area contributed by atoms with Crippen LogP contribution in [0.15, 0.2) is 67.1 Å². The van der Waals surface area contributed by atoms with Crippen molar-refractivity contribution >= 4 is 28.3 Å². The number of carbonyl (C=O) groups excluding carboxylic acids is 1. The highest BCUT2D eigenvalue weighted by molar-refractivity contribution is 6.05. The van der Waals surface area contributed by atoms with Crippen LogP contribution in [-0.4, -0.2) is 70.0 Å². The Morgan fingerprint density at radius 3 is 2.61 bits per heavy atom. The topological polar surface area (TPSA) is 95.0 Å². The Morgan fingerprint density at radius 2 is 1.85 bits per heavy atom. The summed E-state index contributed by atoms with van der Waals surface area (Å²) in [6, 6.07) is 12.4. The third-order valence-corrected chi connectivity index (χ3v) is 6.73. The number of pyridine rings is 1. The summed E-state index contributed by atoms with van der Waals surface area (Å²) < 4.78 is 42.6. The highest BCUT2D eigenvalue weighted by Gasteiger charge is 2.32. The van der Waals surface area contributed by atoms with Crippen molar-refractivity contribution in [2.24, 2.45) is 0 Å². The molecule has 0 bridgehead atoms. The van der Waals surface area contributed by atoms with Gasteiger partial charge in [0, 0.05) is 60.4 Å². The molecule has 0 aliphatic rings. The number of aryl methyl sites for hydroxylation is 1. The number of hydrogen-bond acceptors (Lipinski definition) is 6. The number of H-pyrrole nitrogens is 1. The zero-order valence-electron chi connectivity index (χ0n) is 23.0. The summed E-state index contributed by atoms with van der Waals surface area (Å²) in [6.45, 7) is 3.04. The number of nitrogens with one attached hydrogen (secondary N) is 2. The number of aromatic amines is 1. The van der Waals surface area contributed by atoms with Gasteiger partial charge in [0.1, 0.15) is 11.3 Å². The second-order valence-corrected chi connectivity index (χ2v) is 10.1. The molecule has 0 unspecified atom stereocenters. The van der Waals surface area contributed by atoms with Crippen LogP contribution in [0, 0.1) is 6.92 Å². The quantitative estimate of drug-likeness (QED) is 0.264. The normalized spacial score (nSPS) is 11.8. The number of amides is 1. The van der Waals surface area contributed by atoms with E-state index < -0.39 is 17.6 Å². The Hall–Kier alpha value is -4.71. The van der Waals surface area contributed by atoms with Gasteiger partial charge in [0.25, 0.3) is 5.91 Å².